The van der Waals surface area contributed by atoms with Crippen molar-refractivity contribution in [3.8, 4) is 5.75 Å². The number of carbonyl (C=O) groups excluding carboxylic acids is 3. The monoisotopic (exact) mass is 452 g/mol. The van der Waals surface area contributed by atoms with Gasteiger partial charge in [0.2, 0.25) is 5.56 Å². The van der Waals surface area contributed by atoms with Crippen LogP contribution in [0.2, 0.25) is 0 Å². The first-order valence-corrected chi connectivity index (χ1v) is 11.1. The SMILES string of the molecule is COc1ccc(CCN2C(=O)N[C@@](C)(C3CCN(C(=O)c4ccc(=O)[nH]c4)CC3)C2=O)cc1. The standard InChI is InChI=1S/C24H28N4O5/c1-24(18-10-12-27(13-11-18)21(30)17-5-8-20(29)25-15-17)22(31)28(23(32)26-24)14-9-16-3-6-19(33-2)7-4-16/h3-8,15,18H,9-14H2,1-2H3,(H,25,29)(H,26,32)/t24-/m0/s1. The summed E-state index contributed by atoms with van der Waals surface area (Å²) in [5, 5.41) is 2.91. The van der Waals surface area contributed by atoms with E-state index in [9.17, 15) is 19.2 Å². The number of amides is 4. The molecule has 0 saturated carbocycles. The molecule has 0 unspecified atom stereocenters. The van der Waals surface area contributed by atoms with Crippen LogP contribution < -0.4 is 15.6 Å². The van der Waals surface area contributed by atoms with Crippen molar-refractivity contribution in [1.29, 1.82) is 0 Å². The minimum atomic E-state index is -0.982. The summed E-state index contributed by atoms with van der Waals surface area (Å²) in [6.45, 7) is 3.04. The maximum atomic E-state index is 13.2. The summed E-state index contributed by atoms with van der Waals surface area (Å²) >= 11 is 0. The zero-order valence-corrected chi connectivity index (χ0v) is 18.8. The van der Waals surface area contributed by atoms with Gasteiger partial charge >= 0.3 is 6.03 Å². The predicted molar refractivity (Wildman–Crippen MR) is 121 cm³/mol. The molecule has 0 radical (unpaired) electrons. The molecule has 2 saturated heterocycles. The molecule has 1 aromatic heterocycles. The Morgan fingerprint density at radius 1 is 1.09 bits per heavy atom. The van der Waals surface area contributed by atoms with Gasteiger partial charge in [0.15, 0.2) is 0 Å². The molecule has 0 bridgehead atoms. The number of methoxy groups -OCH3 is 1. The van der Waals surface area contributed by atoms with Crippen LogP contribution in [0.25, 0.3) is 0 Å². The van der Waals surface area contributed by atoms with Gasteiger partial charge in [0.1, 0.15) is 11.3 Å². The Balaban J connectivity index is 1.36. The maximum absolute atomic E-state index is 13.2. The van der Waals surface area contributed by atoms with Gasteiger partial charge in [-0.05, 0) is 55.9 Å². The second-order valence-corrected chi connectivity index (χ2v) is 8.70. The highest BCUT2D eigenvalue weighted by Crippen LogP contribution is 2.34. The van der Waals surface area contributed by atoms with E-state index >= 15 is 0 Å². The molecule has 1 atom stereocenters. The summed E-state index contributed by atoms with van der Waals surface area (Å²) in [7, 11) is 1.60. The van der Waals surface area contributed by atoms with E-state index in [1.807, 2.05) is 24.3 Å². The molecule has 3 heterocycles. The largest absolute Gasteiger partial charge is 0.497 e. The normalized spacial score (nSPS) is 21.3. The van der Waals surface area contributed by atoms with Gasteiger partial charge < -0.3 is 19.9 Å². The number of likely N-dealkylation sites (tertiary alicyclic amines) is 1. The molecule has 174 valence electrons. The zero-order chi connectivity index (χ0) is 23.6. The lowest BCUT2D eigenvalue weighted by molar-refractivity contribution is -0.133. The fourth-order valence-electron chi connectivity index (χ4n) is 4.61. The van der Waals surface area contributed by atoms with Crippen molar-refractivity contribution in [3.63, 3.8) is 0 Å². The highest BCUT2D eigenvalue weighted by Gasteiger charge is 2.52. The number of imide groups is 1. The molecule has 0 aliphatic carbocycles. The van der Waals surface area contributed by atoms with Crippen molar-refractivity contribution in [2.24, 2.45) is 5.92 Å². The summed E-state index contributed by atoms with van der Waals surface area (Å²) in [5.41, 5.74) is 0.197. The van der Waals surface area contributed by atoms with Crippen LogP contribution >= 0.6 is 0 Å². The smallest absolute Gasteiger partial charge is 0.325 e. The van der Waals surface area contributed by atoms with E-state index < -0.39 is 5.54 Å². The zero-order valence-electron chi connectivity index (χ0n) is 18.8. The van der Waals surface area contributed by atoms with E-state index in [0.29, 0.717) is 44.5 Å². The fourth-order valence-corrected chi connectivity index (χ4v) is 4.61. The summed E-state index contributed by atoms with van der Waals surface area (Å²) < 4.78 is 5.16. The van der Waals surface area contributed by atoms with Crippen LogP contribution in [0.1, 0.15) is 35.7 Å². The Kier molecular flexibility index (Phi) is 6.22. The molecule has 2 aromatic rings. The van der Waals surface area contributed by atoms with Crippen molar-refractivity contribution in [3.05, 3.63) is 64.1 Å². The number of nitrogens with zero attached hydrogens (tertiary/aromatic N) is 2. The van der Waals surface area contributed by atoms with E-state index in [4.69, 9.17) is 4.74 Å². The maximum Gasteiger partial charge on any atom is 0.325 e. The lowest BCUT2D eigenvalue weighted by atomic mass is 9.78. The van der Waals surface area contributed by atoms with Crippen LogP contribution in [-0.4, -0.2) is 64.9 Å². The number of hydrogen-bond acceptors (Lipinski definition) is 5. The number of rotatable bonds is 6. The first kappa shape index (κ1) is 22.6. The van der Waals surface area contributed by atoms with Gasteiger partial charge in [0.05, 0.1) is 12.7 Å². The number of aromatic nitrogens is 1. The molecule has 2 aliphatic rings. The molecular formula is C24H28N4O5. The van der Waals surface area contributed by atoms with E-state index in [0.717, 1.165) is 11.3 Å². The van der Waals surface area contributed by atoms with Crippen LogP contribution in [0.5, 0.6) is 5.75 Å². The van der Waals surface area contributed by atoms with Gasteiger partial charge in [0.25, 0.3) is 11.8 Å². The number of carbonyl (C=O) groups is 3. The molecular weight excluding hydrogens is 424 g/mol. The Hall–Kier alpha value is -3.62. The Labute approximate surface area is 191 Å². The lowest BCUT2D eigenvalue weighted by Crippen LogP contribution is -2.54. The molecule has 33 heavy (non-hydrogen) atoms. The molecule has 4 amide bonds. The summed E-state index contributed by atoms with van der Waals surface area (Å²) in [6.07, 6.45) is 3.18. The van der Waals surface area contributed by atoms with Gasteiger partial charge in [-0.25, -0.2) is 4.79 Å². The molecule has 2 N–H and O–H groups in total. The number of benzene rings is 1. The van der Waals surface area contributed by atoms with Crippen molar-refractivity contribution >= 4 is 17.8 Å². The first-order valence-electron chi connectivity index (χ1n) is 11.1. The number of piperidine rings is 1. The Morgan fingerprint density at radius 2 is 1.79 bits per heavy atom. The average molecular weight is 453 g/mol. The second kappa shape index (κ2) is 9.09. The van der Waals surface area contributed by atoms with Gasteiger partial charge in [-0.2, -0.15) is 0 Å². The van der Waals surface area contributed by atoms with Crippen molar-refractivity contribution in [2.45, 2.75) is 31.7 Å². The van der Waals surface area contributed by atoms with Crippen molar-refractivity contribution in [1.82, 2.24) is 20.1 Å². The summed E-state index contributed by atoms with van der Waals surface area (Å²) in [5.74, 6) is 0.315. The van der Waals surface area contributed by atoms with Gasteiger partial charge in [-0.1, -0.05) is 12.1 Å². The van der Waals surface area contributed by atoms with E-state index in [2.05, 4.69) is 10.3 Å². The minimum Gasteiger partial charge on any atom is -0.497 e. The van der Waals surface area contributed by atoms with Crippen molar-refractivity contribution < 1.29 is 19.1 Å². The van der Waals surface area contributed by atoms with Gasteiger partial charge in [0, 0.05) is 31.9 Å². The van der Waals surface area contributed by atoms with E-state index in [-0.39, 0.29) is 29.3 Å². The van der Waals surface area contributed by atoms with Crippen LogP contribution in [0, 0.1) is 5.92 Å². The number of nitrogens with one attached hydrogen (secondary N) is 2. The summed E-state index contributed by atoms with van der Waals surface area (Å²) in [6, 6.07) is 10.0. The molecule has 2 aliphatic heterocycles. The molecule has 9 nitrogen and oxygen atoms in total. The molecule has 1 aromatic carbocycles. The third-order valence-electron chi connectivity index (χ3n) is 6.71. The van der Waals surface area contributed by atoms with Gasteiger partial charge in [-0.15, -0.1) is 0 Å². The highest BCUT2D eigenvalue weighted by molar-refractivity contribution is 6.07. The Bertz CT molecular complexity index is 1080. The van der Waals surface area contributed by atoms with Crippen LogP contribution in [0.3, 0.4) is 0 Å². The highest BCUT2D eigenvalue weighted by atomic mass is 16.5. The van der Waals surface area contributed by atoms with Crippen LogP contribution in [-0.2, 0) is 11.2 Å². The van der Waals surface area contributed by atoms with E-state index in [1.54, 1.807) is 18.9 Å². The molecule has 2 fully saturated rings. The van der Waals surface area contributed by atoms with E-state index in [1.165, 1.54) is 23.2 Å². The lowest BCUT2D eigenvalue weighted by Gasteiger charge is -2.38. The van der Waals surface area contributed by atoms with Crippen molar-refractivity contribution in [2.75, 3.05) is 26.7 Å². The topological polar surface area (TPSA) is 112 Å². The molecule has 4 rings (SSSR count). The summed E-state index contributed by atoms with van der Waals surface area (Å²) in [4.78, 5) is 55.3. The average Bonchev–Trinajstić information content (AvgIpc) is 3.06. The third-order valence-corrected chi connectivity index (χ3v) is 6.71. The van der Waals surface area contributed by atoms with Crippen LogP contribution in [0.4, 0.5) is 4.79 Å². The number of pyridine rings is 1. The molecule has 0 spiro atoms. The first-order chi connectivity index (χ1) is 15.8. The van der Waals surface area contributed by atoms with Crippen LogP contribution in [0.15, 0.2) is 47.4 Å². The number of hydrogen-bond donors (Lipinski definition) is 2. The fraction of sp³-hybridized carbons (Fsp3) is 0.417. The Morgan fingerprint density at radius 3 is 2.39 bits per heavy atom. The molecule has 9 heteroatoms. The number of H-pyrrole nitrogens is 1. The number of aromatic amines is 1. The minimum absolute atomic E-state index is 0.0698. The second-order valence-electron chi connectivity index (χ2n) is 8.70. The third kappa shape index (κ3) is 4.48. The predicted octanol–water partition coefficient (Wildman–Crippen LogP) is 1.79. The number of ether oxygens (including phenoxy) is 1. The quantitative estimate of drug-likeness (QED) is 0.649. The number of urea groups is 1. The van der Waals surface area contributed by atoms with Gasteiger partial charge in [-0.3, -0.25) is 19.3 Å².